The van der Waals surface area contributed by atoms with Crippen molar-refractivity contribution >= 4 is 29.0 Å². The minimum absolute atomic E-state index is 0.212. The second kappa shape index (κ2) is 8.22. The van der Waals surface area contributed by atoms with Gasteiger partial charge in [-0.25, -0.2) is 9.59 Å². The first kappa shape index (κ1) is 22.8. The first-order chi connectivity index (χ1) is 16.0. The van der Waals surface area contributed by atoms with E-state index in [-0.39, 0.29) is 11.1 Å². The molecule has 0 radical (unpaired) electrons. The Kier molecular flexibility index (Phi) is 5.53. The Hall–Kier alpha value is -4.33. The number of aromatic amines is 1. The van der Waals surface area contributed by atoms with Crippen molar-refractivity contribution in [2.75, 3.05) is 10.6 Å². The highest BCUT2D eigenvalue weighted by Gasteiger charge is 2.33. The van der Waals surface area contributed by atoms with E-state index < -0.39 is 34.4 Å². The van der Waals surface area contributed by atoms with Crippen molar-refractivity contribution in [1.29, 1.82) is 0 Å². The van der Waals surface area contributed by atoms with Crippen LogP contribution in [-0.2, 0) is 6.54 Å². The number of H-pyrrole nitrogens is 1. The van der Waals surface area contributed by atoms with Gasteiger partial charge in [-0.05, 0) is 49.6 Å². The lowest BCUT2D eigenvalue weighted by molar-refractivity contribution is 0.0695. The zero-order chi connectivity index (χ0) is 24.8. The average Bonchev–Trinajstić information content (AvgIpc) is 2.75. The standard InChI is InChI=1S/C26H25N3O5/c1-14-12-26(2,3)29(13-15-7-5-4-6-8-15)18-10-9-16(11-17(14)18)19-20(24(31)32)22(27)28-23(30)21(19)25(33)34/h4-12H,13H2,1-3H3,(H,31,32)(H,33,34)(H3,27,28,30). The number of allylic oxidation sites excluding steroid dienone is 1. The molecule has 0 saturated heterocycles. The van der Waals surface area contributed by atoms with Crippen LogP contribution in [0, 0.1) is 0 Å². The number of benzene rings is 2. The fraction of sp³-hybridized carbons (Fsp3) is 0.192. The van der Waals surface area contributed by atoms with E-state index in [2.05, 4.69) is 29.8 Å². The Balaban J connectivity index is 1.95. The van der Waals surface area contributed by atoms with Gasteiger partial charge in [-0.3, -0.25) is 4.79 Å². The summed E-state index contributed by atoms with van der Waals surface area (Å²) in [4.78, 5) is 40.7. The Morgan fingerprint density at radius 1 is 1.03 bits per heavy atom. The number of nitrogens with zero attached hydrogens (tertiary/aromatic N) is 1. The second-order valence-electron chi connectivity index (χ2n) is 8.89. The molecule has 2 heterocycles. The number of nitrogens with one attached hydrogen (secondary N) is 1. The van der Waals surface area contributed by atoms with E-state index in [4.69, 9.17) is 5.73 Å². The number of fused-ring (bicyclic) bond motifs is 1. The molecule has 5 N–H and O–H groups in total. The second-order valence-corrected chi connectivity index (χ2v) is 8.89. The van der Waals surface area contributed by atoms with E-state index in [9.17, 15) is 24.6 Å². The number of hydrogen-bond donors (Lipinski definition) is 4. The number of nitrogens with two attached hydrogens (primary N) is 1. The molecule has 0 bridgehead atoms. The molecule has 8 heteroatoms. The van der Waals surface area contributed by atoms with Crippen molar-refractivity contribution in [2.45, 2.75) is 32.9 Å². The maximum Gasteiger partial charge on any atom is 0.342 e. The summed E-state index contributed by atoms with van der Waals surface area (Å²) in [6.45, 7) is 6.81. The number of aromatic nitrogens is 1. The van der Waals surface area contributed by atoms with Crippen molar-refractivity contribution < 1.29 is 19.8 Å². The van der Waals surface area contributed by atoms with Gasteiger partial charge < -0.3 is 25.8 Å². The molecule has 0 amide bonds. The summed E-state index contributed by atoms with van der Waals surface area (Å²) >= 11 is 0. The first-order valence-electron chi connectivity index (χ1n) is 10.7. The number of hydrogen-bond acceptors (Lipinski definition) is 5. The van der Waals surface area contributed by atoms with Crippen molar-refractivity contribution in [2.24, 2.45) is 0 Å². The van der Waals surface area contributed by atoms with Crippen LogP contribution in [0.1, 0.15) is 52.6 Å². The highest BCUT2D eigenvalue weighted by atomic mass is 16.4. The zero-order valence-electron chi connectivity index (χ0n) is 19.0. The highest BCUT2D eigenvalue weighted by molar-refractivity contribution is 6.07. The summed E-state index contributed by atoms with van der Waals surface area (Å²) in [6.07, 6.45) is 2.12. The summed E-state index contributed by atoms with van der Waals surface area (Å²) < 4.78 is 0. The predicted octanol–water partition coefficient (Wildman–Crippen LogP) is 4.22. The van der Waals surface area contributed by atoms with Gasteiger partial charge in [0.1, 0.15) is 16.9 Å². The minimum atomic E-state index is -1.53. The van der Waals surface area contributed by atoms with Crippen LogP contribution in [0.5, 0.6) is 0 Å². The van der Waals surface area contributed by atoms with Gasteiger partial charge in [-0.1, -0.05) is 42.5 Å². The third kappa shape index (κ3) is 3.83. The topological polar surface area (TPSA) is 137 Å². The number of pyridine rings is 1. The maximum absolute atomic E-state index is 12.4. The number of nitrogen functional groups attached to an aromatic ring is 1. The molecule has 0 aliphatic carbocycles. The van der Waals surface area contributed by atoms with Crippen LogP contribution in [-0.4, -0.2) is 32.7 Å². The molecule has 34 heavy (non-hydrogen) atoms. The van der Waals surface area contributed by atoms with Crippen LogP contribution in [0.15, 0.2) is 59.4 Å². The molecule has 174 valence electrons. The van der Waals surface area contributed by atoms with Gasteiger partial charge in [0.25, 0.3) is 5.56 Å². The van der Waals surface area contributed by atoms with Crippen molar-refractivity contribution in [3.05, 3.63) is 87.2 Å². The maximum atomic E-state index is 12.4. The molecule has 1 aliphatic rings. The lowest BCUT2D eigenvalue weighted by Gasteiger charge is -2.43. The zero-order valence-corrected chi connectivity index (χ0v) is 19.0. The Morgan fingerprint density at radius 2 is 1.68 bits per heavy atom. The third-order valence-corrected chi connectivity index (χ3v) is 6.12. The molecule has 8 nitrogen and oxygen atoms in total. The molecule has 4 rings (SSSR count). The summed E-state index contributed by atoms with van der Waals surface area (Å²) in [7, 11) is 0. The molecule has 0 spiro atoms. The van der Waals surface area contributed by atoms with Crippen LogP contribution in [0.25, 0.3) is 16.7 Å². The third-order valence-electron chi connectivity index (χ3n) is 6.12. The molecule has 0 fully saturated rings. The van der Waals surface area contributed by atoms with Gasteiger partial charge >= 0.3 is 11.9 Å². The minimum Gasteiger partial charge on any atom is -0.478 e. The summed E-state index contributed by atoms with van der Waals surface area (Å²) in [5.41, 5.74) is 7.32. The molecule has 2 aromatic carbocycles. The molecule has 0 atom stereocenters. The molecule has 1 aliphatic heterocycles. The SMILES string of the molecule is CC1=CC(C)(C)N(Cc2ccccc2)c2ccc(-c3c(C(=O)O)c(N)[nH]c(=O)c3C(=O)O)cc21. The monoisotopic (exact) mass is 459 g/mol. The van der Waals surface area contributed by atoms with Gasteiger partial charge in [-0.15, -0.1) is 0 Å². The average molecular weight is 460 g/mol. The normalized spacial score (nSPS) is 14.3. The van der Waals surface area contributed by atoms with E-state index in [0.717, 1.165) is 22.4 Å². The van der Waals surface area contributed by atoms with E-state index >= 15 is 0 Å². The summed E-state index contributed by atoms with van der Waals surface area (Å²) in [5.74, 6) is -3.35. The molecule has 3 aromatic rings. The lowest BCUT2D eigenvalue weighted by Crippen LogP contribution is -2.44. The van der Waals surface area contributed by atoms with Crippen LogP contribution in [0.4, 0.5) is 11.5 Å². The van der Waals surface area contributed by atoms with Crippen LogP contribution in [0.2, 0.25) is 0 Å². The smallest absolute Gasteiger partial charge is 0.342 e. The summed E-state index contributed by atoms with van der Waals surface area (Å²) in [6, 6.07) is 15.2. The van der Waals surface area contributed by atoms with E-state index in [1.54, 1.807) is 12.1 Å². The van der Waals surface area contributed by atoms with Crippen LogP contribution in [0.3, 0.4) is 0 Å². The fourth-order valence-electron chi connectivity index (χ4n) is 4.63. The Morgan fingerprint density at radius 3 is 2.29 bits per heavy atom. The number of anilines is 2. The van der Waals surface area contributed by atoms with Crippen LogP contribution < -0.4 is 16.2 Å². The summed E-state index contributed by atoms with van der Waals surface area (Å²) in [5, 5.41) is 19.5. The van der Waals surface area contributed by atoms with E-state index in [0.29, 0.717) is 12.1 Å². The molecule has 0 saturated carbocycles. The fourth-order valence-corrected chi connectivity index (χ4v) is 4.63. The number of carboxylic acid groups (broad SMARTS) is 2. The van der Waals surface area contributed by atoms with E-state index in [1.807, 2.05) is 43.3 Å². The van der Waals surface area contributed by atoms with Gasteiger partial charge in [-0.2, -0.15) is 0 Å². The molecular weight excluding hydrogens is 434 g/mol. The molecule has 1 aromatic heterocycles. The largest absolute Gasteiger partial charge is 0.478 e. The highest BCUT2D eigenvalue weighted by Crippen LogP contribution is 2.42. The number of aromatic carboxylic acids is 2. The van der Waals surface area contributed by atoms with Gasteiger partial charge in [0.2, 0.25) is 0 Å². The van der Waals surface area contributed by atoms with Gasteiger partial charge in [0.05, 0.1) is 5.54 Å². The number of carbonyl (C=O) groups is 2. The Labute approximate surface area is 196 Å². The van der Waals surface area contributed by atoms with Crippen molar-refractivity contribution in [3.63, 3.8) is 0 Å². The Bertz CT molecular complexity index is 1400. The van der Waals surface area contributed by atoms with Crippen LogP contribution >= 0.6 is 0 Å². The number of carboxylic acids is 2. The quantitative estimate of drug-likeness (QED) is 0.448. The van der Waals surface area contributed by atoms with Gasteiger partial charge in [0, 0.05) is 23.4 Å². The van der Waals surface area contributed by atoms with E-state index in [1.165, 1.54) is 0 Å². The lowest BCUT2D eigenvalue weighted by atomic mass is 9.85. The van der Waals surface area contributed by atoms with Crippen molar-refractivity contribution in [3.8, 4) is 11.1 Å². The number of rotatable bonds is 5. The molecular formula is C26H25N3O5. The van der Waals surface area contributed by atoms with Gasteiger partial charge in [0.15, 0.2) is 0 Å². The molecule has 0 unspecified atom stereocenters. The first-order valence-corrected chi connectivity index (χ1v) is 10.7. The van der Waals surface area contributed by atoms with Crippen molar-refractivity contribution in [1.82, 2.24) is 4.98 Å². The predicted molar refractivity (Wildman–Crippen MR) is 131 cm³/mol.